The normalized spacial score (nSPS) is 22.2. The van der Waals surface area contributed by atoms with Gasteiger partial charge in [0.05, 0.1) is 11.1 Å². The Balaban J connectivity index is 2.30. The van der Waals surface area contributed by atoms with Gasteiger partial charge in [-0.25, -0.2) is 0 Å². The summed E-state index contributed by atoms with van der Waals surface area (Å²) in [5.74, 6) is -0.581. The number of likely N-dealkylation sites (tertiary alicyclic amines) is 1. The molecule has 1 fully saturated rings. The molecular formula is C15H19F3N2O. The van der Waals surface area contributed by atoms with E-state index in [0.717, 1.165) is 6.07 Å². The molecule has 1 aromatic carbocycles. The minimum atomic E-state index is -4.53. The average Bonchev–Trinajstić information content (AvgIpc) is 2.40. The van der Waals surface area contributed by atoms with Crippen LogP contribution in [0, 0.1) is 5.41 Å². The first-order valence-corrected chi connectivity index (χ1v) is 6.84. The number of carbonyl (C=O) groups excluding carboxylic acids is 1. The molecule has 0 spiro atoms. The molecule has 6 heteroatoms. The van der Waals surface area contributed by atoms with Gasteiger partial charge < -0.3 is 10.6 Å². The van der Waals surface area contributed by atoms with Crippen LogP contribution in [0.15, 0.2) is 24.3 Å². The number of benzene rings is 1. The van der Waals surface area contributed by atoms with Crippen LogP contribution in [-0.2, 0) is 6.18 Å². The zero-order valence-corrected chi connectivity index (χ0v) is 12.1. The van der Waals surface area contributed by atoms with Gasteiger partial charge in [0.1, 0.15) is 0 Å². The molecule has 3 nitrogen and oxygen atoms in total. The lowest BCUT2D eigenvalue weighted by Gasteiger charge is -2.42. The van der Waals surface area contributed by atoms with E-state index in [1.54, 1.807) is 0 Å². The number of amides is 1. The van der Waals surface area contributed by atoms with Crippen LogP contribution in [0.1, 0.15) is 36.2 Å². The van der Waals surface area contributed by atoms with Gasteiger partial charge in [-0.05, 0) is 24.0 Å². The summed E-state index contributed by atoms with van der Waals surface area (Å²) in [6.07, 6.45) is -3.94. The Kier molecular flexibility index (Phi) is 4.02. The van der Waals surface area contributed by atoms with E-state index in [1.807, 2.05) is 13.8 Å². The van der Waals surface area contributed by atoms with Gasteiger partial charge in [0.25, 0.3) is 5.91 Å². The molecule has 0 radical (unpaired) electrons. The fourth-order valence-electron chi connectivity index (χ4n) is 2.63. The first-order valence-electron chi connectivity index (χ1n) is 6.84. The topological polar surface area (TPSA) is 46.3 Å². The molecule has 1 unspecified atom stereocenters. The lowest BCUT2D eigenvalue weighted by molar-refractivity contribution is -0.138. The summed E-state index contributed by atoms with van der Waals surface area (Å²) in [5, 5.41) is 0. The largest absolute Gasteiger partial charge is 0.417 e. The zero-order chi connectivity index (χ0) is 15.8. The average molecular weight is 300 g/mol. The zero-order valence-electron chi connectivity index (χ0n) is 12.1. The van der Waals surface area contributed by atoms with E-state index in [-0.39, 0.29) is 17.0 Å². The van der Waals surface area contributed by atoms with Crippen molar-refractivity contribution in [2.45, 2.75) is 32.5 Å². The predicted octanol–water partition coefficient (Wildman–Crippen LogP) is 2.90. The Morgan fingerprint density at radius 3 is 2.52 bits per heavy atom. The van der Waals surface area contributed by atoms with E-state index < -0.39 is 17.6 Å². The van der Waals surface area contributed by atoms with E-state index in [9.17, 15) is 18.0 Å². The van der Waals surface area contributed by atoms with Crippen LogP contribution in [0.25, 0.3) is 0 Å². The molecule has 1 aliphatic rings. The standard InChI is InChI=1S/C15H19F3N2O/c1-14(2)9-20(8-7-12(14)19)13(21)10-5-3-4-6-11(10)15(16,17)18/h3-6,12H,7-9,19H2,1-2H3. The smallest absolute Gasteiger partial charge is 0.338 e. The van der Waals surface area contributed by atoms with E-state index in [1.165, 1.54) is 23.1 Å². The SMILES string of the molecule is CC1(C)CN(C(=O)c2ccccc2C(F)(F)F)CCC1N. The molecule has 1 aliphatic heterocycles. The predicted molar refractivity (Wildman–Crippen MR) is 73.7 cm³/mol. The van der Waals surface area contributed by atoms with Crippen LogP contribution in [0.5, 0.6) is 0 Å². The van der Waals surface area contributed by atoms with Crippen LogP contribution >= 0.6 is 0 Å². The van der Waals surface area contributed by atoms with Gasteiger partial charge in [0, 0.05) is 19.1 Å². The maximum absolute atomic E-state index is 13.0. The highest BCUT2D eigenvalue weighted by Crippen LogP contribution is 2.34. The number of rotatable bonds is 1. The summed E-state index contributed by atoms with van der Waals surface area (Å²) >= 11 is 0. The van der Waals surface area contributed by atoms with Crippen molar-refractivity contribution < 1.29 is 18.0 Å². The first-order chi connectivity index (χ1) is 9.63. The quantitative estimate of drug-likeness (QED) is 0.867. The van der Waals surface area contributed by atoms with Crippen molar-refractivity contribution in [1.82, 2.24) is 4.90 Å². The van der Waals surface area contributed by atoms with Crippen molar-refractivity contribution in [3.05, 3.63) is 35.4 Å². The Morgan fingerprint density at radius 2 is 1.95 bits per heavy atom. The van der Waals surface area contributed by atoms with Gasteiger partial charge in [0.15, 0.2) is 0 Å². The van der Waals surface area contributed by atoms with Gasteiger partial charge in [0.2, 0.25) is 0 Å². The molecule has 21 heavy (non-hydrogen) atoms. The summed E-state index contributed by atoms with van der Waals surface area (Å²) in [4.78, 5) is 13.9. The van der Waals surface area contributed by atoms with Crippen molar-refractivity contribution in [2.24, 2.45) is 11.1 Å². The van der Waals surface area contributed by atoms with E-state index in [0.29, 0.717) is 19.5 Å². The van der Waals surface area contributed by atoms with Gasteiger partial charge >= 0.3 is 6.18 Å². The summed E-state index contributed by atoms with van der Waals surface area (Å²) in [6.45, 7) is 4.59. The third-order valence-corrected chi connectivity index (χ3v) is 4.06. The van der Waals surface area contributed by atoms with Gasteiger partial charge in [-0.2, -0.15) is 13.2 Å². The summed E-state index contributed by atoms with van der Waals surface area (Å²) in [5.41, 5.74) is 4.51. The third kappa shape index (κ3) is 3.20. The lowest BCUT2D eigenvalue weighted by Crippen LogP contribution is -2.54. The second-order valence-electron chi connectivity index (χ2n) is 6.15. The minimum Gasteiger partial charge on any atom is -0.338 e. The van der Waals surface area contributed by atoms with E-state index >= 15 is 0 Å². The Bertz CT molecular complexity index is 540. The van der Waals surface area contributed by atoms with Gasteiger partial charge in [-0.15, -0.1) is 0 Å². The molecule has 2 rings (SSSR count). The van der Waals surface area contributed by atoms with Crippen LogP contribution < -0.4 is 5.73 Å². The van der Waals surface area contributed by atoms with Crippen molar-refractivity contribution in [3.63, 3.8) is 0 Å². The number of piperidine rings is 1. The second-order valence-corrected chi connectivity index (χ2v) is 6.15. The van der Waals surface area contributed by atoms with E-state index in [2.05, 4.69) is 0 Å². The number of hydrogen-bond acceptors (Lipinski definition) is 2. The molecule has 1 saturated heterocycles. The number of hydrogen-bond donors (Lipinski definition) is 1. The summed E-state index contributed by atoms with van der Waals surface area (Å²) in [7, 11) is 0. The molecule has 0 bridgehead atoms. The number of alkyl halides is 3. The van der Waals surface area contributed by atoms with Crippen molar-refractivity contribution in [3.8, 4) is 0 Å². The third-order valence-electron chi connectivity index (χ3n) is 4.06. The van der Waals surface area contributed by atoms with Crippen LogP contribution in [0.4, 0.5) is 13.2 Å². The van der Waals surface area contributed by atoms with Crippen molar-refractivity contribution >= 4 is 5.91 Å². The second kappa shape index (κ2) is 5.33. The maximum atomic E-state index is 13.0. The Morgan fingerprint density at radius 1 is 1.33 bits per heavy atom. The fourth-order valence-corrected chi connectivity index (χ4v) is 2.63. The molecule has 1 aromatic rings. The van der Waals surface area contributed by atoms with Gasteiger partial charge in [-0.3, -0.25) is 4.79 Å². The molecule has 1 amide bonds. The Labute approximate surface area is 121 Å². The molecule has 116 valence electrons. The maximum Gasteiger partial charge on any atom is 0.417 e. The highest BCUT2D eigenvalue weighted by atomic mass is 19.4. The monoisotopic (exact) mass is 300 g/mol. The number of nitrogens with zero attached hydrogens (tertiary/aromatic N) is 1. The van der Waals surface area contributed by atoms with Crippen molar-refractivity contribution in [2.75, 3.05) is 13.1 Å². The molecule has 2 N–H and O–H groups in total. The molecule has 0 aliphatic carbocycles. The fraction of sp³-hybridized carbons (Fsp3) is 0.533. The van der Waals surface area contributed by atoms with Crippen LogP contribution in [0.3, 0.4) is 0 Å². The highest BCUT2D eigenvalue weighted by molar-refractivity contribution is 5.96. The minimum absolute atomic E-state index is 0.0561. The van der Waals surface area contributed by atoms with E-state index in [4.69, 9.17) is 5.73 Å². The van der Waals surface area contributed by atoms with Crippen molar-refractivity contribution in [1.29, 1.82) is 0 Å². The number of nitrogens with two attached hydrogens (primary N) is 1. The highest BCUT2D eigenvalue weighted by Gasteiger charge is 2.39. The molecular weight excluding hydrogens is 281 g/mol. The number of halogens is 3. The Hall–Kier alpha value is -1.56. The van der Waals surface area contributed by atoms with Gasteiger partial charge in [-0.1, -0.05) is 26.0 Å². The molecule has 1 atom stereocenters. The number of carbonyl (C=O) groups is 1. The van der Waals surface area contributed by atoms with Crippen LogP contribution in [0.2, 0.25) is 0 Å². The van der Waals surface area contributed by atoms with Crippen LogP contribution in [-0.4, -0.2) is 29.9 Å². The molecule has 0 aromatic heterocycles. The lowest BCUT2D eigenvalue weighted by atomic mass is 9.79. The molecule has 0 saturated carbocycles. The summed E-state index contributed by atoms with van der Waals surface area (Å²) in [6, 6.07) is 4.85. The summed E-state index contributed by atoms with van der Waals surface area (Å²) < 4.78 is 39.0. The first kappa shape index (κ1) is 15.8. The molecule has 1 heterocycles.